The number of rotatable bonds is 8. The third-order valence-electron chi connectivity index (χ3n) is 4.35. The lowest BCUT2D eigenvalue weighted by atomic mass is 10.0. The predicted octanol–water partition coefficient (Wildman–Crippen LogP) is 2.03. The van der Waals surface area contributed by atoms with Crippen molar-refractivity contribution in [2.45, 2.75) is 39.2 Å². The van der Waals surface area contributed by atoms with Crippen molar-refractivity contribution in [3.8, 4) is 11.5 Å². The smallest absolute Gasteiger partial charge is 0.340 e. The highest BCUT2D eigenvalue weighted by Crippen LogP contribution is 2.36. The van der Waals surface area contributed by atoms with Crippen LogP contribution in [0.25, 0.3) is 11.0 Å². The minimum absolute atomic E-state index is 0.174. The predicted molar refractivity (Wildman–Crippen MR) is 98.5 cm³/mol. The van der Waals surface area contributed by atoms with Gasteiger partial charge in [0.15, 0.2) is 11.3 Å². The largest absolute Gasteiger partial charge is 0.493 e. The fourth-order valence-corrected chi connectivity index (χ4v) is 2.92. The fraction of sp³-hybridized carbons (Fsp3) is 0.421. The van der Waals surface area contributed by atoms with Crippen molar-refractivity contribution in [1.29, 1.82) is 0 Å². The minimum atomic E-state index is -1.11. The molecule has 1 amide bonds. The van der Waals surface area contributed by atoms with E-state index in [1.165, 1.54) is 14.2 Å². The first-order valence-corrected chi connectivity index (χ1v) is 8.53. The molecule has 0 aliphatic carbocycles. The number of carbonyl (C=O) groups is 2. The van der Waals surface area contributed by atoms with Crippen LogP contribution in [-0.4, -0.2) is 37.2 Å². The first-order valence-electron chi connectivity index (χ1n) is 8.53. The maximum Gasteiger partial charge on any atom is 0.340 e. The van der Waals surface area contributed by atoms with Crippen LogP contribution in [0.4, 0.5) is 0 Å². The number of aliphatic carboxylic acids is 1. The molecule has 146 valence electrons. The van der Waals surface area contributed by atoms with Crippen molar-refractivity contribution < 1.29 is 28.6 Å². The summed E-state index contributed by atoms with van der Waals surface area (Å²) in [5.41, 5.74) is 0.301. The molecule has 1 heterocycles. The van der Waals surface area contributed by atoms with E-state index in [0.717, 1.165) is 0 Å². The van der Waals surface area contributed by atoms with Gasteiger partial charge < -0.3 is 24.3 Å². The molecule has 27 heavy (non-hydrogen) atoms. The molecule has 0 fully saturated rings. The Hall–Kier alpha value is -3.03. The molecule has 0 unspecified atom stereocenters. The van der Waals surface area contributed by atoms with Crippen molar-refractivity contribution in [3.05, 3.63) is 33.7 Å². The van der Waals surface area contributed by atoms with Crippen molar-refractivity contribution in [1.82, 2.24) is 5.32 Å². The summed E-state index contributed by atoms with van der Waals surface area (Å²) in [7, 11) is 2.91. The number of hydrogen-bond acceptors (Lipinski definition) is 6. The number of methoxy groups -OCH3 is 2. The first-order chi connectivity index (χ1) is 12.8. The van der Waals surface area contributed by atoms with E-state index < -0.39 is 23.5 Å². The second-order valence-electron chi connectivity index (χ2n) is 6.09. The van der Waals surface area contributed by atoms with Crippen LogP contribution in [0, 0.1) is 6.92 Å². The standard InChI is InChI=1S/C19H23NO7/c1-5-6-13(18(22)23)20-15(21)9-12-10(2)11-7-8-14(25-3)17(26-4)16(11)27-19(12)24/h7-8,13H,5-6,9H2,1-4H3,(H,20,21)(H,22,23)/t13-/m0/s1. The van der Waals surface area contributed by atoms with Gasteiger partial charge in [0.25, 0.3) is 0 Å². The quantitative estimate of drug-likeness (QED) is 0.676. The Morgan fingerprint density at radius 2 is 1.96 bits per heavy atom. The van der Waals surface area contributed by atoms with E-state index in [1.54, 1.807) is 19.1 Å². The van der Waals surface area contributed by atoms with Gasteiger partial charge >= 0.3 is 11.6 Å². The molecule has 0 spiro atoms. The summed E-state index contributed by atoms with van der Waals surface area (Å²) < 4.78 is 15.9. The van der Waals surface area contributed by atoms with E-state index >= 15 is 0 Å². The van der Waals surface area contributed by atoms with Crippen molar-refractivity contribution in [3.63, 3.8) is 0 Å². The number of ether oxygens (including phenoxy) is 2. The molecule has 2 aromatic rings. The molecule has 0 aliphatic heterocycles. The van der Waals surface area contributed by atoms with E-state index in [0.29, 0.717) is 35.3 Å². The number of fused-ring (bicyclic) bond motifs is 1. The van der Waals surface area contributed by atoms with Crippen LogP contribution in [0.5, 0.6) is 11.5 Å². The topological polar surface area (TPSA) is 115 Å². The molecule has 0 saturated carbocycles. The van der Waals surface area contributed by atoms with Crippen LogP contribution >= 0.6 is 0 Å². The van der Waals surface area contributed by atoms with Gasteiger partial charge in [-0.3, -0.25) is 4.79 Å². The Balaban J connectivity index is 2.41. The summed E-state index contributed by atoms with van der Waals surface area (Å²) in [6, 6.07) is 2.41. The van der Waals surface area contributed by atoms with Crippen LogP contribution in [0.3, 0.4) is 0 Å². The Labute approximate surface area is 156 Å². The summed E-state index contributed by atoms with van der Waals surface area (Å²) in [6.45, 7) is 3.53. The van der Waals surface area contributed by atoms with Gasteiger partial charge in [-0.25, -0.2) is 9.59 Å². The fourth-order valence-electron chi connectivity index (χ4n) is 2.92. The second-order valence-corrected chi connectivity index (χ2v) is 6.09. The highest BCUT2D eigenvalue weighted by Gasteiger charge is 2.22. The molecule has 8 heteroatoms. The van der Waals surface area contributed by atoms with Gasteiger partial charge in [0, 0.05) is 5.39 Å². The number of hydrogen-bond donors (Lipinski definition) is 2. The SMILES string of the molecule is CCC[C@H](NC(=O)Cc1c(C)c2ccc(OC)c(OC)c2oc1=O)C(=O)O. The summed E-state index contributed by atoms with van der Waals surface area (Å²) in [4.78, 5) is 35.9. The molecular formula is C19H23NO7. The number of carboxylic acids is 1. The van der Waals surface area contributed by atoms with Gasteiger partial charge in [0.2, 0.25) is 11.7 Å². The number of nitrogens with one attached hydrogen (secondary N) is 1. The van der Waals surface area contributed by atoms with Crippen LogP contribution < -0.4 is 20.4 Å². The molecule has 0 saturated heterocycles. The van der Waals surface area contributed by atoms with Crippen molar-refractivity contribution in [2.75, 3.05) is 14.2 Å². The summed E-state index contributed by atoms with van der Waals surface area (Å²) in [6.07, 6.45) is 0.644. The van der Waals surface area contributed by atoms with Gasteiger partial charge in [-0.2, -0.15) is 0 Å². The number of benzene rings is 1. The average molecular weight is 377 g/mol. The summed E-state index contributed by atoms with van der Waals surface area (Å²) in [5.74, 6) is -0.947. The van der Waals surface area contributed by atoms with Gasteiger partial charge in [0.1, 0.15) is 6.04 Å². The number of carbonyl (C=O) groups excluding carboxylic acids is 1. The molecule has 2 N–H and O–H groups in total. The Morgan fingerprint density at radius 3 is 2.52 bits per heavy atom. The molecule has 2 rings (SSSR count). The van der Waals surface area contributed by atoms with E-state index in [2.05, 4.69) is 5.32 Å². The van der Waals surface area contributed by atoms with E-state index in [4.69, 9.17) is 19.0 Å². The number of aryl methyl sites for hydroxylation is 1. The maximum absolute atomic E-state index is 12.4. The number of carboxylic acid groups (broad SMARTS) is 1. The van der Waals surface area contributed by atoms with E-state index in [1.807, 2.05) is 6.92 Å². The van der Waals surface area contributed by atoms with Gasteiger partial charge in [-0.1, -0.05) is 13.3 Å². The lowest BCUT2D eigenvalue weighted by Crippen LogP contribution is -2.41. The van der Waals surface area contributed by atoms with Gasteiger partial charge in [-0.15, -0.1) is 0 Å². The zero-order valence-electron chi connectivity index (χ0n) is 15.8. The van der Waals surface area contributed by atoms with Crippen molar-refractivity contribution in [2.24, 2.45) is 0 Å². The third kappa shape index (κ3) is 4.21. The Morgan fingerprint density at radius 1 is 1.26 bits per heavy atom. The van der Waals surface area contributed by atoms with Crippen LogP contribution in [0.1, 0.15) is 30.9 Å². The normalized spacial score (nSPS) is 11.9. The zero-order chi connectivity index (χ0) is 20.1. The second kappa shape index (κ2) is 8.57. The Kier molecular flexibility index (Phi) is 6.44. The monoisotopic (exact) mass is 377 g/mol. The molecule has 0 bridgehead atoms. The number of amides is 1. The molecule has 8 nitrogen and oxygen atoms in total. The third-order valence-corrected chi connectivity index (χ3v) is 4.35. The molecule has 0 aliphatic rings. The summed E-state index contributed by atoms with van der Waals surface area (Å²) >= 11 is 0. The van der Waals surface area contributed by atoms with Crippen molar-refractivity contribution >= 4 is 22.8 Å². The molecule has 1 atom stereocenters. The highest BCUT2D eigenvalue weighted by molar-refractivity contribution is 5.90. The summed E-state index contributed by atoms with van der Waals surface area (Å²) in [5, 5.41) is 12.2. The van der Waals surface area contributed by atoms with Crippen LogP contribution in [0.15, 0.2) is 21.3 Å². The lowest BCUT2D eigenvalue weighted by molar-refractivity contribution is -0.141. The molecule has 1 aromatic heterocycles. The van der Waals surface area contributed by atoms with Gasteiger partial charge in [-0.05, 0) is 31.0 Å². The average Bonchev–Trinajstić information content (AvgIpc) is 2.63. The molecular weight excluding hydrogens is 354 g/mol. The molecule has 1 aromatic carbocycles. The van der Waals surface area contributed by atoms with E-state index in [9.17, 15) is 14.4 Å². The first kappa shape index (κ1) is 20.3. The molecule has 0 radical (unpaired) electrons. The van der Waals surface area contributed by atoms with E-state index in [-0.39, 0.29) is 17.6 Å². The Bertz CT molecular complexity index is 916. The van der Waals surface area contributed by atoms with Crippen LogP contribution in [-0.2, 0) is 16.0 Å². The maximum atomic E-state index is 12.4. The minimum Gasteiger partial charge on any atom is -0.493 e. The lowest BCUT2D eigenvalue weighted by Gasteiger charge is -2.15. The van der Waals surface area contributed by atoms with Crippen LogP contribution in [0.2, 0.25) is 0 Å². The van der Waals surface area contributed by atoms with Gasteiger partial charge in [0.05, 0.1) is 26.2 Å². The zero-order valence-corrected chi connectivity index (χ0v) is 15.8. The highest BCUT2D eigenvalue weighted by atomic mass is 16.5.